The average Bonchev–Trinajstić information content (AvgIpc) is 2.78. The average molecular weight is 213 g/mol. The van der Waals surface area contributed by atoms with Crippen molar-refractivity contribution in [3.63, 3.8) is 0 Å². The monoisotopic (exact) mass is 213 g/mol. The van der Waals surface area contributed by atoms with Gasteiger partial charge in [-0.25, -0.2) is 4.79 Å². The molecule has 15 heavy (non-hydrogen) atoms. The molecule has 2 fully saturated rings. The number of nitrogens with zero attached hydrogens (tertiary/aromatic N) is 1. The highest BCUT2D eigenvalue weighted by Crippen LogP contribution is 2.57. The summed E-state index contributed by atoms with van der Waals surface area (Å²) in [6, 6.07) is -0.00708. The molecular formula is C11H19NO3. The molecule has 1 saturated heterocycles. The van der Waals surface area contributed by atoms with Gasteiger partial charge in [-0.15, -0.1) is 0 Å². The summed E-state index contributed by atoms with van der Waals surface area (Å²) in [6.07, 6.45) is 1.98. The van der Waals surface area contributed by atoms with E-state index in [2.05, 4.69) is 0 Å². The van der Waals surface area contributed by atoms with Gasteiger partial charge in [-0.2, -0.15) is 0 Å². The maximum absolute atomic E-state index is 11.7. The van der Waals surface area contributed by atoms with E-state index in [4.69, 9.17) is 4.74 Å². The number of amides is 1. The van der Waals surface area contributed by atoms with Crippen LogP contribution in [-0.4, -0.2) is 40.9 Å². The molecule has 2 rings (SSSR count). The van der Waals surface area contributed by atoms with Crippen LogP contribution in [0.3, 0.4) is 0 Å². The SMILES string of the molecule is CC(C)(C)OC(=O)N1CC2(CC2)[C@@H]1CO. The van der Waals surface area contributed by atoms with E-state index in [9.17, 15) is 9.90 Å². The van der Waals surface area contributed by atoms with Gasteiger partial charge in [-0.1, -0.05) is 0 Å². The summed E-state index contributed by atoms with van der Waals surface area (Å²) in [5.74, 6) is 0. The standard InChI is InChI=1S/C11H19NO3/c1-10(2,3)15-9(14)12-7-11(4-5-11)8(12)6-13/h8,13H,4-7H2,1-3H3/t8-/m0/s1. The van der Waals surface area contributed by atoms with Crippen LogP contribution in [0.15, 0.2) is 0 Å². The highest BCUT2D eigenvalue weighted by Gasteiger charge is 2.62. The van der Waals surface area contributed by atoms with Crippen molar-refractivity contribution in [1.82, 2.24) is 4.90 Å². The van der Waals surface area contributed by atoms with Gasteiger partial charge in [0.2, 0.25) is 0 Å². The van der Waals surface area contributed by atoms with Gasteiger partial charge in [0.25, 0.3) is 0 Å². The van der Waals surface area contributed by atoms with Gasteiger partial charge in [0.15, 0.2) is 0 Å². The number of rotatable bonds is 1. The van der Waals surface area contributed by atoms with Gasteiger partial charge in [-0.3, -0.25) is 0 Å². The third kappa shape index (κ3) is 1.83. The Kier molecular flexibility index (Phi) is 2.23. The predicted octanol–water partition coefficient (Wildman–Crippen LogP) is 1.38. The van der Waals surface area contributed by atoms with Crippen molar-refractivity contribution in [1.29, 1.82) is 0 Å². The zero-order valence-corrected chi connectivity index (χ0v) is 9.62. The van der Waals surface area contributed by atoms with Crippen LogP contribution < -0.4 is 0 Å². The Bertz CT molecular complexity index is 278. The highest BCUT2D eigenvalue weighted by molar-refractivity contribution is 5.70. The third-order valence-corrected chi connectivity index (χ3v) is 3.26. The molecule has 2 aliphatic rings. The van der Waals surface area contributed by atoms with Crippen molar-refractivity contribution in [2.24, 2.45) is 5.41 Å². The summed E-state index contributed by atoms with van der Waals surface area (Å²) >= 11 is 0. The summed E-state index contributed by atoms with van der Waals surface area (Å²) in [5, 5.41) is 9.23. The largest absolute Gasteiger partial charge is 0.444 e. The van der Waals surface area contributed by atoms with Crippen LogP contribution >= 0.6 is 0 Å². The minimum absolute atomic E-state index is 0.00708. The maximum atomic E-state index is 11.7. The van der Waals surface area contributed by atoms with E-state index in [1.807, 2.05) is 20.8 Å². The van der Waals surface area contributed by atoms with E-state index in [1.54, 1.807) is 4.90 Å². The molecule has 1 heterocycles. The molecule has 1 aliphatic heterocycles. The minimum Gasteiger partial charge on any atom is -0.444 e. The Balaban J connectivity index is 1.92. The number of hydrogen-bond donors (Lipinski definition) is 1. The lowest BCUT2D eigenvalue weighted by Crippen LogP contribution is -2.62. The normalized spacial score (nSPS) is 27.5. The number of ether oxygens (including phenoxy) is 1. The fourth-order valence-corrected chi connectivity index (χ4v) is 2.23. The molecule has 0 aromatic heterocycles. The first kappa shape index (κ1) is 10.7. The highest BCUT2D eigenvalue weighted by atomic mass is 16.6. The number of likely N-dealkylation sites (tertiary alicyclic amines) is 1. The molecule has 0 bridgehead atoms. The summed E-state index contributed by atoms with van der Waals surface area (Å²) in [6.45, 7) is 6.37. The summed E-state index contributed by atoms with van der Waals surface area (Å²) in [5.41, 5.74) is -0.213. The third-order valence-electron chi connectivity index (χ3n) is 3.26. The Morgan fingerprint density at radius 2 is 2.13 bits per heavy atom. The second-order valence-electron chi connectivity index (χ2n) is 5.67. The Morgan fingerprint density at radius 3 is 2.53 bits per heavy atom. The van der Waals surface area contributed by atoms with E-state index < -0.39 is 5.60 Å². The van der Waals surface area contributed by atoms with Gasteiger partial charge in [0.05, 0.1) is 12.6 Å². The van der Waals surface area contributed by atoms with Gasteiger partial charge < -0.3 is 14.7 Å². The molecule has 1 atom stereocenters. The first-order chi connectivity index (χ1) is 6.88. The molecule has 1 spiro atoms. The lowest BCUT2D eigenvalue weighted by atomic mass is 9.86. The van der Waals surface area contributed by atoms with Crippen LogP contribution in [0.25, 0.3) is 0 Å². The molecule has 0 aromatic carbocycles. The summed E-state index contributed by atoms with van der Waals surface area (Å²) in [4.78, 5) is 13.4. The number of carbonyl (C=O) groups is 1. The van der Waals surface area contributed by atoms with Crippen LogP contribution in [0.2, 0.25) is 0 Å². The molecular weight excluding hydrogens is 194 g/mol. The molecule has 0 radical (unpaired) electrons. The van der Waals surface area contributed by atoms with E-state index in [-0.39, 0.29) is 24.2 Å². The van der Waals surface area contributed by atoms with Crippen molar-refractivity contribution < 1.29 is 14.6 Å². The molecule has 0 unspecified atom stereocenters. The molecule has 4 nitrogen and oxygen atoms in total. The predicted molar refractivity (Wildman–Crippen MR) is 55.5 cm³/mol. The first-order valence-corrected chi connectivity index (χ1v) is 5.48. The number of carbonyl (C=O) groups excluding carboxylic acids is 1. The topological polar surface area (TPSA) is 49.8 Å². The van der Waals surface area contributed by atoms with Crippen molar-refractivity contribution >= 4 is 6.09 Å². The number of aliphatic hydroxyl groups excluding tert-OH is 1. The molecule has 86 valence electrons. The zero-order chi connectivity index (χ0) is 11.3. The van der Waals surface area contributed by atoms with Crippen molar-refractivity contribution in [2.75, 3.05) is 13.2 Å². The number of aliphatic hydroxyl groups is 1. The lowest BCUT2D eigenvalue weighted by molar-refractivity contribution is -0.0556. The molecule has 1 aliphatic carbocycles. The van der Waals surface area contributed by atoms with Crippen LogP contribution in [0.4, 0.5) is 4.79 Å². The minimum atomic E-state index is -0.455. The first-order valence-electron chi connectivity index (χ1n) is 5.48. The van der Waals surface area contributed by atoms with Gasteiger partial charge >= 0.3 is 6.09 Å². The molecule has 1 N–H and O–H groups in total. The van der Waals surface area contributed by atoms with Crippen LogP contribution in [0, 0.1) is 5.41 Å². The fourth-order valence-electron chi connectivity index (χ4n) is 2.23. The summed E-state index contributed by atoms with van der Waals surface area (Å²) in [7, 11) is 0. The van der Waals surface area contributed by atoms with Crippen LogP contribution in [0.5, 0.6) is 0 Å². The zero-order valence-electron chi connectivity index (χ0n) is 9.62. The van der Waals surface area contributed by atoms with Gasteiger partial charge in [0.1, 0.15) is 5.60 Å². The Morgan fingerprint density at radius 1 is 1.53 bits per heavy atom. The maximum Gasteiger partial charge on any atom is 0.410 e. The van der Waals surface area contributed by atoms with Crippen molar-refractivity contribution in [3.05, 3.63) is 0 Å². The van der Waals surface area contributed by atoms with Gasteiger partial charge in [0, 0.05) is 12.0 Å². The second kappa shape index (κ2) is 3.11. The van der Waals surface area contributed by atoms with E-state index in [1.165, 1.54) is 0 Å². The van der Waals surface area contributed by atoms with Crippen molar-refractivity contribution in [2.45, 2.75) is 45.3 Å². The van der Waals surface area contributed by atoms with E-state index in [0.29, 0.717) is 0 Å². The summed E-state index contributed by atoms with van der Waals surface area (Å²) < 4.78 is 5.27. The quantitative estimate of drug-likeness (QED) is 0.716. The van der Waals surface area contributed by atoms with Crippen LogP contribution in [0.1, 0.15) is 33.6 Å². The second-order valence-corrected chi connectivity index (χ2v) is 5.67. The van der Waals surface area contributed by atoms with Crippen molar-refractivity contribution in [3.8, 4) is 0 Å². The molecule has 1 amide bonds. The molecule has 4 heteroatoms. The molecule has 1 saturated carbocycles. The van der Waals surface area contributed by atoms with E-state index >= 15 is 0 Å². The number of hydrogen-bond acceptors (Lipinski definition) is 3. The van der Waals surface area contributed by atoms with Crippen LogP contribution in [-0.2, 0) is 4.74 Å². The Hall–Kier alpha value is -0.770. The van der Waals surface area contributed by atoms with Gasteiger partial charge in [-0.05, 0) is 33.6 Å². The Labute approximate surface area is 90.2 Å². The fraction of sp³-hybridized carbons (Fsp3) is 0.909. The lowest BCUT2D eigenvalue weighted by Gasteiger charge is -2.48. The molecule has 0 aromatic rings. The smallest absolute Gasteiger partial charge is 0.410 e. The van der Waals surface area contributed by atoms with E-state index in [0.717, 1.165) is 19.4 Å².